The molecule has 5 heteroatoms. The third-order valence-electron chi connectivity index (χ3n) is 4.10. The lowest BCUT2D eigenvalue weighted by Gasteiger charge is -2.30. The van der Waals surface area contributed by atoms with Crippen molar-refractivity contribution >= 4 is 12.0 Å². The molecule has 120 valence electrons. The summed E-state index contributed by atoms with van der Waals surface area (Å²) in [5.74, 6) is 1.57. The molecular weight excluding hydrogens is 290 g/mol. The number of carbonyl (C=O) groups excluding carboxylic acids is 1. The van der Waals surface area contributed by atoms with Gasteiger partial charge in [0.1, 0.15) is 0 Å². The Morgan fingerprint density at radius 1 is 1.39 bits per heavy atom. The zero-order valence-electron chi connectivity index (χ0n) is 13.3. The van der Waals surface area contributed by atoms with Crippen molar-refractivity contribution in [2.24, 2.45) is 0 Å². The van der Waals surface area contributed by atoms with Gasteiger partial charge in [-0.1, -0.05) is 42.4 Å². The Morgan fingerprint density at radius 2 is 2.22 bits per heavy atom. The predicted octanol–water partition coefficient (Wildman–Crippen LogP) is 3.05. The van der Waals surface area contributed by atoms with Crippen molar-refractivity contribution in [3.8, 4) is 0 Å². The Balaban J connectivity index is 1.63. The fourth-order valence-electron chi connectivity index (χ4n) is 2.79. The summed E-state index contributed by atoms with van der Waals surface area (Å²) in [7, 11) is 0. The van der Waals surface area contributed by atoms with Gasteiger partial charge in [-0.15, -0.1) is 0 Å². The average Bonchev–Trinajstić information content (AvgIpc) is 3.10. The van der Waals surface area contributed by atoms with Crippen LogP contribution in [0.1, 0.15) is 43.0 Å². The topological polar surface area (TPSA) is 59.2 Å². The average molecular weight is 311 g/mol. The molecule has 2 aromatic rings. The van der Waals surface area contributed by atoms with E-state index in [9.17, 15) is 4.79 Å². The van der Waals surface area contributed by atoms with E-state index < -0.39 is 0 Å². The smallest absolute Gasteiger partial charge is 0.246 e. The van der Waals surface area contributed by atoms with E-state index in [0.29, 0.717) is 12.4 Å². The predicted molar refractivity (Wildman–Crippen MR) is 87.7 cm³/mol. The van der Waals surface area contributed by atoms with Crippen LogP contribution in [0.2, 0.25) is 0 Å². The van der Waals surface area contributed by atoms with E-state index in [1.165, 1.54) is 0 Å². The van der Waals surface area contributed by atoms with E-state index in [1.807, 2.05) is 48.2 Å². The van der Waals surface area contributed by atoms with Gasteiger partial charge in [0.05, 0.1) is 5.92 Å². The number of hydrogen-bond acceptors (Lipinski definition) is 4. The van der Waals surface area contributed by atoms with Crippen LogP contribution < -0.4 is 0 Å². The minimum atomic E-state index is 0.0359. The summed E-state index contributed by atoms with van der Waals surface area (Å²) in [5.41, 5.74) is 1.03. The number of aryl methyl sites for hydroxylation is 1. The van der Waals surface area contributed by atoms with Crippen LogP contribution in [0, 0.1) is 0 Å². The highest BCUT2D eigenvalue weighted by Crippen LogP contribution is 2.26. The van der Waals surface area contributed by atoms with Crippen molar-refractivity contribution in [3.63, 3.8) is 0 Å². The monoisotopic (exact) mass is 311 g/mol. The molecule has 1 aliphatic rings. The van der Waals surface area contributed by atoms with Crippen LogP contribution in [0.15, 0.2) is 40.9 Å². The fraction of sp³-hybridized carbons (Fsp3) is 0.389. The van der Waals surface area contributed by atoms with E-state index in [4.69, 9.17) is 4.52 Å². The number of hydrogen-bond donors (Lipinski definition) is 0. The molecule has 0 bridgehead atoms. The zero-order chi connectivity index (χ0) is 16.1. The highest BCUT2D eigenvalue weighted by Gasteiger charge is 2.27. The lowest BCUT2D eigenvalue weighted by Crippen LogP contribution is -2.38. The van der Waals surface area contributed by atoms with Gasteiger partial charge in [0, 0.05) is 25.6 Å². The maximum absolute atomic E-state index is 12.4. The number of benzene rings is 1. The van der Waals surface area contributed by atoms with Crippen molar-refractivity contribution in [2.75, 3.05) is 13.1 Å². The Kier molecular flexibility index (Phi) is 4.86. The Hall–Kier alpha value is -2.43. The van der Waals surface area contributed by atoms with Crippen molar-refractivity contribution < 1.29 is 9.32 Å². The van der Waals surface area contributed by atoms with Gasteiger partial charge in [0.15, 0.2) is 5.82 Å². The van der Waals surface area contributed by atoms with Crippen LogP contribution in [0.4, 0.5) is 0 Å². The normalized spacial score (nSPS) is 18.5. The molecule has 23 heavy (non-hydrogen) atoms. The number of amides is 1. The van der Waals surface area contributed by atoms with Gasteiger partial charge in [-0.05, 0) is 24.5 Å². The molecule has 2 heterocycles. The Morgan fingerprint density at radius 3 is 2.96 bits per heavy atom. The van der Waals surface area contributed by atoms with Crippen LogP contribution in [0.25, 0.3) is 6.08 Å². The van der Waals surface area contributed by atoms with Crippen LogP contribution in [-0.4, -0.2) is 34.0 Å². The standard InChI is InChI=1S/C18H21N3O2/c1-2-16-19-18(23-20-16)15-9-6-12-21(13-15)17(22)11-10-14-7-4-3-5-8-14/h3-5,7-8,10-11,15H,2,6,9,12-13H2,1H3/b11-10+/t15-/m0/s1. The van der Waals surface area contributed by atoms with Gasteiger partial charge < -0.3 is 9.42 Å². The van der Waals surface area contributed by atoms with E-state index in [2.05, 4.69) is 10.1 Å². The Bertz CT molecular complexity index is 679. The molecule has 0 N–H and O–H groups in total. The lowest BCUT2D eigenvalue weighted by atomic mass is 9.98. The molecule has 5 nitrogen and oxygen atoms in total. The van der Waals surface area contributed by atoms with E-state index in [1.54, 1.807) is 6.08 Å². The first-order chi connectivity index (χ1) is 11.3. The number of likely N-dealkylation sites (tertiary alicyclic amines) is 1. The first kappa shape index (κ1) is 15.5. The molecule has 1 amide bonds. The molecular formula is C18H21N3O2. The largest absolute Gasteiger partial charge is 0.339 e. The van der Waals surface area contributed by atoms with Crippen LogP contribution >= 0.6 is 0 Å². The second-order valence-electron chi connectivity index (χ2n) is 5.77. The third kappa shape index (κ3) is 3.86. The molecule has 1 saturated heterocycles. The van der Waals surface area contributed by atoms with Crippen LogP contribution in [-0.2, 0) is 11.2 Å². The van der Waals surface area contributed by atoms with E-state index in [0.717, 1.165) is 37.2 Å². The van der Waals surface area contributed by atoms with Crippen molar-refractivity contribution in [2.45, 2.75) is 32.1 Å². The summed E-state index contributed by atoms with van der Waals surface area (Å²) in [4.78, 5) is 18.7. The molecule has 1 aromatic carbocycles. The second-order valence-corrected chi connectivity index (χ2v) is 5.77. The molecule has 1 aliphatic heterocycles. The number of carbonyl (C=O) groups is 1. The number of aromatic nitrogens is 2. The fourth-order valence-corrected chi connectivity index (χ4v) is 2.79. The Labute approximate surface area is 136 Å². The first-order valence-corrected chi connectivity index (χ1v) is 8.10. The van der Waals surface area contributed by atoms with Crippen molar-refractivity contribution in [1.29, 1.82) is 0 Å². The molecule has 0 saturated carbocycles. The summed E-state index contributed by atoms with van der Waals surface area (Å²) in [6.07, 6.45) is 6.20. The van der Waals surface area contributed by atoms with Gasteiger partial charge in [-0.2, -0.15) is 4.98 Å². The molecule has 0 aliphatic carbocycles. The molecule has 0 unspecified atom stereocenters. The van der Waals surface area contributed by atoms with Gasteiger partial charge in [-0.25, -0.2) is 0 Å². The van der Waals surface area contributed by atoms with E-state index in [-0.39, 0.29) is 11.8 Å². The molecule has 1 aromatic heterocycles. The van der Waals surface area contributed by atoms with Crippen molar-refractivity contribution in [3.05, 3.63) is 53.7 Å². The van der Waals surface area contributed by atoms with Gasteiger partial charge in [-0.3, -0.25) is 4.79 Å². The molecule has 0 spiro atoms. The number of rotatable bonds is 4. The van der Waals surface area contributed by atoms with Crippen LogP contribution in [0.3, 0.4) is 0 Å². The molecule has 3 rings (SSSR count). The summed E-state index contributed by atoms with van der Waals surface area (Å²) in [6.45, 7) is 3.42. The van der Waals surface area contributed by atoms with Gasteiger partial charge >= 0.3 is 0 Å². The quantitative estimate of drug-likeness (QED) is 0.814. The molecule has 1 fully saturated rings. The summed E-state index contributed by atoms with van der Waals surface area (Å²) in [5, 5.41) is 3.95. The minimum absolute atomic E-state index is 0.0359. The van der Waals surface area contributed by atoms with Gasteiger partial charge in [0.2, 0.25) is 11.8 Å². The lowest BCUT2D eigenvalue weighted by molar-refractivity contribution is -0.127. The maximum atomic E-state index is 12.4. The van der Waals surface area contributed by atoms with Crippen molar-refractivity contribution in [1.82, 2.24) is 15.0 Å². The van der Waals surface area contributed by atoms with Gasteiger partial charge in [0.25, 0.3) is 0 Å². The molecule has 0 radical (unpaired) electrons. The van der Waals surface area contributed by atoms with E-state index >= 15 is 0 Å². The maximum Gasteiger partial charge on any atom is 0.246 e. The summed E-state index contributed by atoms with van der Waals surface area (Å²) < 4.78 is 5.34. The number of piperidine rings is 1. The third-order valence-corrected chi connectivity index (χ3v) is 4.10. The van der Waals surface area contributed by atoms with Crippen LogP contribution in [0.5, 0.6) is 0 Å². The SMILES string of the molecule is CCc1noc([C@H]2CCCN(C(=O)/C=C/c3ccccc3)C2)n1. The summed E-state index contributed by atoms with van der Waals surface area (Å²) >= 11 is 0. The highest BCUT2D eigenvalue weighted by atomic mass is 16.5. The zero-order valence-corrected chi connectivity index (χ0v) is 13.3. The first-order valence-electron chi connectivity index (χ1n) is 8.10. The minimum Gasteiger partial charge on any atom is -0.339 e. The number of nitrogens with zero attached hydrogens (tertiary/aromatic N) is 3. The highest BCUT2D eigenvalue weighted by molar-refractivity contribution is 5.91. The molecule has 1 atom stereocenters. The summed E-state index contributed by atoms with van der Waals surface area (Å²) in [6, 6.07) is 9.84. The second kappa shape index (κ2) is 7.22.